The fourth-order valence-electron chi connectivity index (χ4n) is 3.50. The van der Waals surface area contributed by atoms with Crippen molar-refractivity contribution < 1.29 is 4.74 Å². The Hall–Kier alpha value is -1.85. The number of methoxy groups -OCH3 is 1. The van der Waals surface area contributed by atoms with Gasteiger partial charge in [0.25, 0.3) is 0 Å². The molecule has 4 nitrogen and oxygen atoms in total. The molecule has 3 rings (SSSR count). The average Bonchev–Trinajstić information content (AvgIpc) is 3.11. The number of thiocarbonyl (C=S) groups is 1. The Bertz CT molecular complexity index is 747. The summed E-state index contributed by atoms with van der Waals surface area (Å²) in [7, 11) is 1.59. The van der Waals surface area contributed by atoms with Crippen molar-refractivity contribution in [3.63, 3.8) is 0 Å². The monoisotopic (exact) mass is 375 g/mol. The maximum absolute atomic E-state index is 6.21. The SMILES string of the molecule is COc1ncccc1NC(=S)NCC1(c2cccc(Cl)c2)CCCC1. The lowest BCUT2D eigenvalue weighted by atomic mass is 9.79. The molecule has 1 fully saturated rings. The summed E-state index contributed by atoms with van der Waals surface area (Å²) in [6, 6.07) is 11.9. The number of anilines is 1. The molecule has 2 N–H and O–H groups in total. The van der Waals surface area contributed by atoms with E-state index in [4.69, 9.17) is 28.6 Å². The van der Waals surface area contributed by atoms with Gasteiger partial charge >= 0.3 is 0 Å². The van der Waals surface area contributed by atoms with Crippen LogP contribution >= 0.6 is 23.8 Å². The molecule has 1 aliphatic rings. The molecule has 1 aromatic carbocycles. The van der Waals surface area contributed by atoms with E-state index in [2.05, 4.69) is 27.8 Å². The Morgan fingerprint density at radius 3 is 2.80 bits per heavy atom. The molecule has 2 aromatic rings. The maximum atomic E-state index is 6.21. The van der Waals surface area contributed by atoms with E-state index in [0.29, 0.717) is 11.0 Å². The van der Waals surface area contributed by atoms with Crippen molar-refractivity contribution in [3.8, 4) is 5.88 Å². The predicted octanol–water partition coefficient (Wildman–Crippen LogP) is 4.54. The lowest BCUT2D eigenvalue weighted by Crippen LogP contribution is -2.40. The molecular formula is C19H22ClN3OS. The molecule has 6 heteroatoms. The first kappa shape index (κ1) is 18.0. The summed E-state index contributed by atoms with van der Waals surface area (Å²) in [4.78, 5) is 4.17. The Balaban J connectivity index is 1.69. The number of nitrogens with zero attached hydrogens (tertiary/aromatic N) is 1. The Kier molecular flexibility index (Phi) is 5.76. The summed E-state index contributed by atoms with van der Waals surface area (Å²) in [5, 5.41) is 7.90. The third kappa shape index (κ3) is 4.22. The van der Waals surface area contributed by atoms with Crippen molar-refractivity contribution in [1.82, 2.24) is 10.3 Å². The van der Waals surface area contributed by atoms with Crippen LogP contribution in [0.3, 0.4) is 0 Å². The van der Waals surface area contributed by atoms with Gasteiger partial charge in [-0.3, -0.25) is 0 Å². The summed E-state index contributed by atoms with van der Waals surface area (Å²) in [6.45, 7) is 0.780. The van der Waals surface area contributed by atoms with Crippen molar-refractivity contribution >= 4 is 34.6 Å². The lowest BCUT2D eigenvalue weighted by molar-refractivity contribution is 0.400. The van der Waals surface area contributed by atoms with Crippen LogP contribution < -0.4 is 15.4 Å². The Morgan fingerprint density at radius 2 is 2.08 bits per heavy atom. The second-order valence-electron chi connectivity index (χ2n) is 6.37. The van der Waals surface area contributed by atoms with Crippen molar-refractivity contribution in [2.24, 2.45) is 0 Å². The van der Waals surface area contributed by atoms with E-state index in [1.165, 1.54) is 18.4 Å². The van der Waals surface area contributed by atoms with Gasteiger partial charge in [-0.1, -0.05) is 36.6 Å². The van der Waals surface area contributed by atoms with Crippen LogP contribution in [0.25, 0.3) is 0 Å². The molecule has 0 saturated heterocycles. The Morgan fingerprint density at radius 1 is 1.28 bits per heavy atom. The highest BCUT2D eigenvalue weighted by Gasteiger charge is 2.35. The number of hydrogen-bond acceptors (Lipinski definition) is 3. The van der Waals surface area contributed by atoms with E-state index >= 15 is 0 Å². The lowest BCUT2D eigenvalue weighted by Gasteiger charge is -2.31. The zero-order valence-corrected chi connectivity index (χ0v) is 15.8. The van der Waals surface area contributed by atoms with Crippen LogP contribution in [0.2, 0.25) is 5.02 Å². The highest BCUT2D eigenvalue weighted by atomic mass is 35.5. The van der Waals surface area contributed by atoms with E-state index in [9.17, 15) is 0 Å². The van der Waals surface area contributed by atoms with Gasteiger partial charge in [-0.15, -0.1) is 0 Å². The molecule has 0 amide bonds. The van der Waals surface area contributed by atoms with Gasteiger partial charge in [-0.05, 0) is 54.9 Å². The third-order valence-electron chi connectivity index (χ3n) is 4.80. The van der Waals surface area contributed by atoms with Gasteiger partial charge in [-0.25, -0.2) is 4.98 Å². The molecule has 0 radical (unpaired) electrons. The van der Waals surface area contributed by atoms with E-state index in [1.807, 2.05) is 24.3 Å². The standard InChI is InChI=1S/C19H22ClN3OS/c1-24-17-16(8-5-11-21-17)23-18(25)22-13-19(9-2-3-10-19)14-6-4-7-15(20)12-14/h4-8,11-12H,2-3,9-10,13H2,1H3,(H2,22,23,25). The zero-order valence-electron chi connectivity index (χ0n) is 14.2. The zero-order chi connectivity index (χ0) is 17.7. The van der Waals surface area contributed by atoms with Crippen LogP contribution in [0.5, 0.6) is 5.88 Å². The van der Waals surface area contributed by atoms with Crippen molar-refractivity contribution in [2.75, 3.05) is 19.0 Å². The van der Waals surface area contributed by atoms with E-state index < -0.39 is 0 Å². The average molecular weight is 376 g/mol. The molecule has 25 heavy (non-hydrogen) atoms. The summed E-state index contributed by atoms with van der Waals surface area (Å²) in [5.41, 5.74) is 2.12. The summed E-state index contributed by atoms with van der Waals surface area (Å²) >= 11 is 11.7. The van der Waals surface area contributed by atoms with Crippen LogP contribution in [0.1, 0.15) is 31.2 Å². The van der Waals surface area contributed by atoms with E-state index in [1.54, 1.807) is 13.3 Å². The molecule has 132 valence electrons. The highest BCUT2D eigenvalue weighted by molar-refractivity contribution is 7.80. The number of halogens is 1. The molecule has 0 spiro atoms. The van der Waals surface area contributed by atoms with Gasteiger partial charge in [0.15, 0.2) is 5.11 Å². The minimum Gasteiger partial charge on any atom is -0.480 e. The number of nitrogens with one attached hydrogen (secondary N) is 2. The fraction of sp³-hybridized carbons (Fsp3) is 0.368. The van der Waals surface area contributed by atoms with Gasteiger partial charge in [0.2, 0.25) is 5.88 Å². The van der Waals surface area contributed by atoms with Gasteiger partial charge in [0, 0.05) is 23.2 Å². The molecule has 0 bridgehead atoms. The van der Waals surface area contributed by atoms with Crippen LogP contribution in [0.15, 0.2) is 42.6 Å². The number of hydrogen-bond donors (Lipinski definition) is 2. The summed E-state index contributed by atoms with van der Waals surface area (Å²) in [6.07, 6.45) is 6.42. The van der Waals surface area contributed by atoms with Crippen LogP contribution in [-0.2, 0) is 5.41 Å². The van der Waals surface area contributed by atoms with Crippen LogP contribution in [-0.4, -0.2) is 23.8 Å². The van der Waals surface area contributed by atoms with Crippen molar-refractivity contribution in [1.29, 1.82) is 0 Å². The molecule has 1 saturated carbocycles. The number of ether oxygens (including phenoxy) is 1. The second-order valence-corrected chi connectivity index (χ2v) is 7.21. The van der Waals surface area contributed by atoms with Crippen molar-refractivity contribution in [2.45, 2.75) is 31.1 Å². The van der Waals surface area contributed by atoms with Crippen LogP contribution in [0.4, 0.5) is 5.69 Å². The van der Waals surface area contributed by atoms with Gasteiger partial charge in [0.05, 0.1) is 7.11 Å². The fourth-order valence-corrected chi connectivity index (χ4v) is 3.87. The first-order chi connectivity index (χ1) is 12.1. The van der Waals surface area contributed by atoms with E-state index in [-0.39, 0.29) is 5.41 Å². The van der Waals surface area contributed by atoms with Gasteiger partial charge < -0.3 is 15.4 Å². The normalized spacial score (nSPS) is 15.6. The molecule has 0 unspecified atom stereocenters. The Labute approximate surface area is 158 Å². The van der Waals surface area contributed by atoms with Gasteiger partial charge in [-0.2, -0.15) is 0 Å². The largest absolute Gasteiger partial charge is 0.480 e. The van der Waals surface area contributed by atoms with Gasteiger partial charge in [0.1, 0.15) is 5.69 Å². The number of aromatic nitrogens is 1. The molecule has 1 aliphatic carbocycles. The summed E-state index contributed by atoms with van der Waals surface area (Å²) in [5.74, 6) is 0.525. The maximum Gasteiger partial charge on any atom is 0.237 e. The summed E-state index contributed by atoms with van der Waals surface area (Å²) < 4.78 is 5.25. The first-order valence-corrected chi connectivity index (χ1v) is 9.21. The molecule has 1 aromatic heterocycles. The molecule has 1 heterocycles. The topological polar surface area (TPSA) is 46.2 Å². The minimum absolute atomic E-state index is 0.0790. The highest BCUT2D eigenvalue weighted by Crippen LogP contribution is 2.41. The second kappa shape index (κ2) is 8.02. The predicted molar refractivity (Wildman–Crippen MR) is 107 cm³/mol. The van der Waals surface area contributed by atoms with Crippen LogP contribution in [0, 0.1) is 0 Å². The quantitative estimate of drug-likeness (QED) is 0.751. The number of benzene rings is 1. The minimum atomic E-state index is 0.0790. The molecular weight excluding hydrogens is 354 g/mol. The third-order valence-corrected chi connectivity index (χ3v) is 5.28. The first-order valence-electron chi connectivity index (χ1n) is 8.43. The molecule has 0 atom stereocenters. The number of pyridine rings is 1. The van der Waals surface area contributed by atoms with Crippen molar-refractivity contribution in [3.05, 3.63) is 53.2 Å². The smallest absolute Gasteiger partial charge is 0.237 e. The molecule has 0 aliphatic heterocycles. The van der Waals surface area contributed by atoms with E-state index in [0.717, 1.165) is 30.1 Å². The number of rotatable bonds is 5.